The van der Waals surface area contributed by atoms with Crippen LogP contribution in [-0.2, 0) is 97.0 Å². The lowest BCUT2D eigenvalue weighted by Crippen LogP contribution is -2.64. The van der Waals surface area contributed by atoms with Crippen molar-refractivity contribution in [3.05, 3.63) is 0 Å². The zero-order chi connectivity index (χ0) is 68.6. The molecule has 0 spiro atoms. The maximum absolute atomic E-state index is 13.9. The number of aliphatic hydroxyl groups excluding tert-OH is 9. The molecule has 7 amide bonds. The van der Waals surface area contributed by atoms with Crippen LogP contribution in [-0.4, -0.2) is 333 Å². The molecule has 0 aromatic carbocycles. The Labute approximate surface area is 539 Å². The summed E-state index contributed by atoms with van der Waals surface area (Å²) in [4.78, 5) is 105. The summed E-state index contributed by atoms with van der Waals surface area (Å²) in [7, 11) is 0. The van der Waals surface area contributed by atoms with Crippen molar-refractivity contribution >= 4 is 59.9 Å². The molecule has 0 aromatic heterocycles. The Bertz CT molecular complexity index is 2200. The van der Waals surface area contributed by atoms with Gasteiger partial charge in [0.2, 0.25) is 41.4 Å². The van der Waals surface area contributed by atoms with E-state index in [1.54, 1.807) is 20.8 Å². The second-order valence-electron chi connectivity index (χ2n) is 22.6. The number of rotatable bonds is 44. The average molecular weight is 1370 g/mol. The van der Waals surface area contributed by atoms with E-state index >= 15 is 0 Å². The Kier molecular flexibility index (Phi) is 38.7. The number of unbranched alkanes of at least 4 members (excludes halogenated alkanes) is 2. The van der Waals surface area contributed by atoms with Crippen LogP contribution >= 0.6 is 6.72 Å². The molecule has 36 nitrogen and oxygen atoms in total. The summed E-state index contributed by atoms with van der Waals surface area (Å²) >= 11 is 4.99. The van der Waals surface area contributed by atoms with Gasteiger partial charge in [-0.25, -0.2) is 0 Å². The highest BCUT2D eigenvalue weighted by atomic mass is 32.5. The minimum absolute atomic E-state index is 0.0149. The lowest BCUT2D eigenvalue weighted by molar-refractivity contribution is -0.272. The molecule has 16 atom stereocenters. The molecule has 3 rings (SSSR count). The normalized spacial score (nSPS) is 27.3. The van der Waals surface area contributed by atoms with Crippen molar-refractivity contribution in [3.63, 3.8) is 0 Å². The first kappa shape index (κ1) is 82.3. The zero-order valence-corrected chi connectivity index (χ0v) is 54.6. The van der Waals surface area contributed by atoms with Crippen LogP contribution in [0, 0.1) is 0 Å². The van der Waals surface area contributed by atoms with Gasteiger partial charge in [-0.3, -0.25) is 38.5 Å². The molecule has 0 saturated carbocycles. The van der Waals surface area contributed by atoms with Gasteiger partial charge in [0.1, 0.15) is 79.8 Å². The molecule has 0 radical (unpaired) electrons. The highest BCUT2D eigenvalue weighted by Crippen LogP contribution is 2.43. The number of nitrogens with zero attached hydrogens (tertiary/aromatic N) is 2. The van der Waals surface area contributed by atoms with Gasteiger partial charge in [-0.1, -0.05) is 18.2 Å². The van der Waals surface area contributed by atoms with Crippen LogP contribution in [0.2, 0.25) is 0 Å². The molecule has 16 unspecified atom stereocenters. The summed E-state index contributed by atoms with van der Waals surface area (Å²) in [5.41, 5.74) is -0.817. The van der Waals surface area contributed by atoms with Crippen molar-refractivity contribution in [2.75, 3.05) is 138 Å². The Balaban J connectivity index is 1.65. The Morgan fingerprint density at radius 3 is 1.20 bits per heavy atom. The van der Waals surface area contributed by atoms with Gasteiger partial charge in [0.05, 0.1) is 111 Å². The van der Waals surface area contributed by atoms with E-state index < -0.39 is 185 Å². The van der Waals surface area contributed by atoms with Crippen LogP contribution in [0.5, 0.6) is 0 Å². The Morgan fingerprint density at radius 1 is 0.500 bits per heavy atom. The van der Waals surface area contributed by atoms with E-state index in [0.717, 1.165) is 0 Å². The number of amides is 7. The lowest BCUT2D eigenvalue weighted by Gasteiger charge is -2.42. The second-order valence-corrected chi connectivity index (χ2v) is 25.3. The van der Waals surface area contributed by atoms with Crippen molar-refractivity contribution in [1.82, 2.24) is 41.7 Å². The third kappa shape index (κ3) is 31.3. The quantitative estimate of drug-likeness (QED) is 0.0199. The van der Waals surface area contributed by atoms with Crippen LogP contribution in [0.1, 0.15) is 67.2 Å². The predicted octanol–water partition coefficient (Wildman–Crippen LogP) is -8.63. The van der Waals surface area contributed by atoms with Gasteiger partial charge in [0.25, 0.3) is 0 Å². The number of carbonyl (C=O) groups is 7. The smallest absolute Gasteiger partial charge is 0.239 e. The van der Waals surface area contributed by atoms with Crippen molar-refractivity contribution in [1.29, 1.82) is 0 Å². The van der Waals surface area contributed by atoms with Gasteiger partial charge in [-0.2, -0.15) is 0 Å². The second kappa shape index (κ2) is 43.3. The van der Waals surface area contributed by atoms with E-state index in [0.29, 0.717) is 19.3 Å². The summed E-state index contributed by atoms with van der Waals surface area (Å²) in [6, 6.07) is -3.51. The summed E-state index contributed by atoms with van der Waals surface area (Å²) in [5, 5.41) is 107. The first-order valence-corrected chi connectivity index (χ1v) is 32.8. The van der Waals surface area contributed by atoms with Gasteiger partial charge in [0, 0.05) is 59.9 Å². The maximum Gasteiger partial charge on any atom is 0.239 e. The van der Waals surface area contributed by atoms with Crippen molar-refractivity contribution < 1.29 is 136 Å². The summed E-state index contributed by atoms with van der Waals surface area (Å²) in [5.74, 6) is -3.83. The van der Waals surface area contributed by atoms with E-state index in [2.05, 4.69) is 31.9 Å². The SMILES string of the molecule is CC(=O)NC1C(OCCOCCNC(=O)CN(CCN(CC(=O)NCCOCCOC2OC(CO)C(O)C(O)C2NC(C)=O)C(=O)CCCCCOP([O-])(=S)OC(C)(C)C)CC(=O)NCCOCCOC2OC(CO)C(O)C(O)C2NC(C)=O)OC(CO)C(O)C1O. The fourth-order valence-electron chi connectivity index (χ4n) is 9.37. The van der Waals surface area contributed by atoms with Crippen LogP contribution in [0.3, 0.4) is 0 Å². The molecule has 534 valence electrons. The first-order valence-electron chi connectivity index (χ1n) is 30.2. The Morgan fingerprint density at radius 2 is 0.859 bits per heavy atom. The molecule has 92 heavy (non-hydrogen) atoms. The van der Waals surface area contributed by atoms with Crippen molar-refractivity contribution in [2.45, 2.75) is 165 Å². The topological polar surface area (TPSA) is 505 Å². The number of aliphatic hydroxyl groups is 9. The number of ether oxygens (including phenoxy) is 9. The first-order chi connectivity index (χ1) is 43.5. The van der Waals surface area contributed by atoms with E-state index in [9.17, 15) is 84.4 Å². The van der Waals surface area contributed by atoms with E-state index in [1.807, 2.05) is 0 Å². The minimum Gasteiger partial charge on any atom is -0.780 e. The minimum atomic E-state index is -3.79. The molecular weight excluding hydrogens is 1270 g/mol. The molecule has 15 N–H and O–H groups in total. The maximum atomic E-state index is 13.9. The molecule has 3 aliphatic rings. The van der Waals surface area contributed by atoms with Crippen LogP contribution in [0.4, 0.5) is 0 Å². The fraction of sp³-hybridized carbons (Fsp3) is 0.870. The molecule has 3 aliphatic heterocycles. The van der Waals surface area contributed by atoms with E-state index in [-0.39, 0.29) is 105 Å². The zero-order valence-electron chi connectivity index (χ0n) is 52.9. The summed E-state index contributed by atoms with van der Waals surface area (Å²) in [6.45, 7) is 0.462. The van der Waals surface area contributed by atoms with Crippen LogP contribution in [0.15, 0.2) is 0 Å². The standard InChI is InChI=1S/C54H99N8O28PS/c1-32(66)58-42-48(76)45(73)35(29-63)87-51(42)83-23-20-80-17-11-55-38(69)26-61(27-39(70)56-12-18-81-21-24-84-52-43(59-33(2)67)49(77)46(74)36(30-64)88-52)14-15-62(41(72)10-8-7-9-16-86-91(79,92)90-54(4,5)6)28-40(71)57-13-19-82-22-25-85-53-44(60-34(3)68)50(78)47(75)37(31-65)89-53/h35-37,42-53,63-65,73-78H,7-31H2,1-6H3,(H,55,69)(H,56,70)(H,57,71)(H,58,66)(H,59,67)(H,60,68)(H,79,92)/p-1. The van der Waals surface area contributed by atoms with Gasteiger partial charge >= 0.3 is 0 Å². The van der Waals surface area contributed by atoms with Crippen LogP contribution < -0.4 is 36.8 Å². The molecule has 38 heteroatoms. The fourth-order valence-corrected chi connectivity index (χ4v) is 11.3. The van der Waals surface area contributed by atoms with E-state index in [1.165, 1.54) is 30.6 Å². The molecule has 0 aromatic rings. The molecular formula is C54H98N8O28PS-. The number of carbonyl (C=O) groups excluding carboxylic acids is 7. The lowest BCUT2D eigenvalue weighted by atomic mass is 9.97. The van der Waals surface area contributed by atoms with Gasteiger partial charge in [-0.05, 0) is 33.6 Å². The van der Waals surface area contributed by atoms with Gasteiger partial charge in [-0.15, -0.1) is 0 Å². The predicted molar refractivity (Wildman–Crippen MR) is 318 cm³/mol. The number of hydrogen-bond acceptors (Lipinski definition) is 30. The van der Waals surface area contributed by atoms with Crippen LogP contribution in [0.25, 0.3) is 0 Å². The third-order valence-electron chi connectivity index (χ3n) is 13.8. The van der Waals surface area contributed by atoms with Gasteiger partial charge in [0.15, 0.2) is 18.9 Å². The monoisotopic (exact) mass is 1370 g/mol. The molecule has 3 heterocycles. The van der Waals surface area contributed by atoms with Gasteiger partial charge < -0.3 is 139 Å². The van der Waals surface area contributed by atoms with Crippen molar-refractivity contribution in [3.8, 4) is 0 Å². The van der Waals surface area contributed by atoms with E-state index in [4.69, 9.17) is 63.5 Å². The average Bonchev–Trinajstić information content (AvgIpc) is 0.845. The summed E-state index contributed by atoms with van der Waals surface area (Å²) < 4.78 is 61.0. The number of hydrogen-bond donors (Lipinski definition) is 15. The molecule has 3 fully saturated rings. The highest BCUT2D eigenvalue weighted by molar-refractivity contribution is 8.06. The van der Waals surface area contributed by atoms with Crippen molar-refractivity contribution in [2.24, 2.45) is 0 Å². The third-order valence-corrected chi connectivity index (χ3v) is 15.6. The summed E-state index contributed by atoms with van der Waals surface area (Å²) in [6.07, 6.45) is -15.5. The molecule has 3 saturated heterocycles. The largest absolute Gasteiger partial charge is 0.780 e. The number of nitrogens with one attached hydrogen (secondary N) is 6. The molecule has 0 bridgehead atoms. The highest BCUT2D eigenvalue weighted by Gasteiger charge is 2.48. The Hall–Kier alpha value is -3.94. The molecule has 0 aliphatic carbocycles.